The molecule has 0 saturated carbocycles. The zero-order valence-corrected chi connectivity index (χ0v) is 20.2. The summed E-state index contributed by atoms with van der Waals surface area (Å²) in [7, 11) is 0. The standard InChI is InChI=1S/C23H21BrCl3NO2/c1-2-29-22-10-16(13-28-12-15-6-3-4-7-19(15)25)18(24)11-23(22)30-14-17-20(26)8-5-9-21(17)27/h3-11,28H,2,12-14H2,1H3. The molecule has 0 spiro atoms. The van der Waals surface area contributed by atoms with Crippen LogP contribution in [0.4, 0.5) is 0 Å². The fourth-order valence-corrected chi connectivity index (χ4v) is 4.06. The molecule has 0 heterocycles. The van der Waals surface area contributed by atoms with E-state index in [2.05, 4.69) is 21.2 Å². The second-order valence-corrected chi connectivity index (χ2v) is 8.58. The predicted octanol–water partition coefficient (Wildman–Crippen LogP) is 7.68. The summed E-state index contributed by atoms with van der Waals surface area (Å²) in [6.45, 7) is 4.01. The summed E-state index contributed by atoms with van der Waals surface area (Å²) in [4.78, 5) is 0. The lowest BCUT2D eigenvalue weighted by Gasteiger charge is -2.16. The fraction of sp³-hybridized carbons (Fsp3) is 0.217. The van der Waals surface area contributed by atoms with Crippen LogP contribution in [-0.2, 0) is 19.7 Å². The van der Waals surface area contributed by atoms with Crippen molar-refractivity contribution in [1.29, 1.82) is 0 Å². The molecular formula is C23H21BrCl3NO2. The third-order valence-electron chi connectivity index (χ3n) is 4.44. The molecule has 0 fully saturated rings. The van der Waals surface area contributed by atoms with Gasteiger partial charge < -0.3 is 14.8 Å². The zero-order valence-electron chi connectivity index (χ0n) is 16.4. The maximum Gasteiger partial charge on any atom is 0.162 e. The van der Waals surface area contributed by atoms with Crippen LogP contribution in [0.25, 0.3) is 0 Å². The summed E-state index contributed by atoms with van der Waals surface area (Å²) in [6, 6.07) is 17.1. The Hall–Kier alpha value is -1.43. The highest BCUT2D eigenvalue weighted by Crippen LogP contribution is 2.35. The van der Waals surface area contributed by atoms with E-state index in [0.717, 1.165) is 26.2 Å². The summed E-state index contributed by atoms with van der Waals surface area (Å²) in [5.74, 6) is 1.29. The summed E-state index contributed by atoms with van der Waals surface area (Å²) >= 11 is 22.4. The monoisotopic (exact) mass is 527 g/mol. The van der Waals surface area contributed by atoms with Crippen LogP contribution < -0.4 is 14.8 Å². The quantitative estimate of drug-likeness (QED) is 0.308. The molecule has 0 bridgehead atoms. The van der Waals surface area contributed by atoms with Crippen molar-refractivity contribution in [2.75, 3.05) is 6.61 Å². The summed E-state index contributed by atoms with van der Waals surface area (Å²) in [5.41, 5.74) is 2.84. The molecule has 0 aliphatic rings. The van der Waals surface area contributed by atoms with Crippen LogP contribution >= 0.6 is 50.7 Å². The minimum absolute atomic E-state index is 0.245. The van der Waals surface area contributed by atoms with Gasteiger partial charge in [-0.2, -0.15) is 0 Å². The molecular weight excluding hydrogens is 509 g/mol. The number of benzene rings is 3. The van der Waals surface area contributed by atoms with Crippen LogP contribution in [0.3, 0.4) is 0 Å². The van der Waals surface area contributed by atoms with Gasteiger partial charge >= 0.3 is 0 Å². The van der Waals surface area contributed by atoms with Crippen LogP contribution in [0.2, 0.25) is 15.1 Å². The van der Waals surface area contributed by atoms with Crippen molar-refractivity contribution < 1.29 is 9.47 Å². The predicted molar refractivity (Wildman–Crippen MR) is 128 cm³/mol. The van der Waals surface area contributed by atoms with E-state index in [0.29, 0.717) is 41.2 Å². The van der Waals surface area contributed by atoms with E-state index < -0.39 is 0 Å². The largest absolute Gasteiger partial charge is 0.490 e. The molecule has 3 aromatic rings. The molecule has 0 unspecified atom stereocenters. The average molecular weight is 530 g/mol. The number of halogens is 4. The van der Waals surface area contributed by atoms with E-state index in [-0.39, 0.29) is 6.61 Å². The highest BCUT2D eigenvalue weighted by molar-refractivity contribution is 9.10. The third kappa shape index (κ3) is 6.05. The topological polar surface area (TPSA) is 30.5 Å². The molecule has 1 N–H and O–H groups in total. The van der Waals surface area contributed by atoms with E-state index >= 15 is 0 Å². The molecule has 0 aliphatic carbocycles. The van der Waals surface area contributed by atoms with Crippen LogP contribution in [0.5, 0.6) is 11.5 Å². The van der Waals surface area contributed by atoms with Crippen molar-refractivity contribution in [2.45, 2.75) is 26.6 Å². The molecule has 3 nitrogen and oxygen atoms in total. The SMILES string of the molecule is CCOc1cc(CNCc2ccccc2Cl)c(Br)cc1OCc1c(Cl)cccc1Cl. The Kier molecular flexibility index (Phi) is 8.72. The maximum atomic E-state index is 6.25. The Balaban J connectivity index is 1.72. The lowest BCUT2D eigenvalue weighted by Crippen LogP contribution is -2.13. The number of hydrogen-bond acceptors (Lipinski definition) is 3. The van der Waals surface area contributed by atoms with Gasteiger partial charge in [0.2, 0.25) is 0 Å². The van der Waals surface area contributed by atoms with E-state index in [1.54, 1.807) is 18.2 Å². The Morgan fingerprint density at radius 1 is 0.800 bits per heavy atom. The van der Waals surface area contributed by atoms with Crippen LogP contribution in [0.15, 0.2) is 59.1 Å². The van der Waals surface area contributed by atoms with Gasteiger partial charge in [0, 0.05) is 38.2 Å². The van der Waals surface area contributed by atoms with E-state index in [4.69, 9.17) is 44.3 Å². The number of ether oxygens (including phenoxy) is 2. The highest BCUT2D eigenvalue weighted by Gasteiger charge is 2.13. The zero-order chi connectivity index (χ0) is 21.5. The van der Waals surface area contributed by atoms with Gasteiger partial charge in [0.25, 0.3) is 0 Å². The number of rotatable bonds is 9. The Morgan fingerprint density at radius 2 is 1.43 bits per heavy atom. The number of nitrogens with one attached hydrogen (secondary N) is 1. The van der Waals surface area contributed by atoms with Gasteiger partial charge in [0.1, 0.15) is 6.61 Å². The first-order valence-electron chi connectivity index (χ1n) is 9.44. The van der Waals surface area contributed by atoms with Crippen molar-refractivity contribution in [3.8, 4) is 11.5 Å². The third-order valence-corrected chi connectivity index (χ3v) is 6.25. The molecule has 0 saturated heterocycles. The van der Waals surface area contributed by atoms with Crippen molar-refractivity contribution in [2.24, 2.45) is 0 Å². The molecule has 0 radical (unpaired) electrons. The van der Waals surface area contributed by atoms with Crippen LogP contribution in [-0.4, -0.2) is 6.61 Å². The molecule has 0 aromatic heterocycles. The van der Waals surface area contributed by atoms with Crippen LogP contribution in [0.1, 0.15) is 23.6 Å². The maximum absolute atomic E-state index is 6.25. The molecule has 0 amide bonds. The van der Waals surface area contributed by atoms with Gasteiger partial charge in [-0.05, 0) is 48.4 Å². The lowest BCUT2D eigenvalue weighted by molar-refractivity contribution is 0.269. The molecule has 30 heavy (non-hydrogen) atoms. The molecule has 0 atom stereocenters. The normalized spacial score (nSPS) is 10.8. The first-order valence-corrected chi connectivity index (χ1v) is 11.4. The van der Waals surface area contributed by atoms with Crippen molar-refractivity contribution in [3.63, 3.8) is 0 Å². The first kappa shape index (κ1) is 23.2. The molecule has 0 aliphatic heterocycles. The van der Waals surface area contributed by atoms with Gasteiger partial charge in [0.05, 0.1) is 6.61 Å². The smallest absolute Gasteiger partial charge is 0.162 e. The summed E-state index contributed by atoms with van der Waals surface area (Å²) in [5, 5.41) is 5.31. The fourth-order valence-electron chi connectivity index (χ4n) is 2.89. The van der Waals surface area contributed by atoms with E-state index in [9.17, 15) is 0 Å². The Bertz CT molecular complexity index is 993. The first-order chi connectivity index (χ1) is 14.5. The van der Waals surface area contributed by atoms with Gasteiger partial charge in [0.15, 0.2) is 11.5 Å². The van der Waals surface area contributed by atoms with Crippen LogP contribution in [0, 0.1) is 0 Å². The van der Waals surface area contributed by atoms with Crippen molar-refractivity contribution in [1.82, 2.24) is 5.32 Å². The second kappa shape index (κ2) is 11.3. The number of hydrogen-bond donors (Lipinski definition) is 1. The van der Waals surface area contributed by atoms with Gasteiger partial charge in [-0.1, -0.05) is 75.0 Å². The second-order valence-electron chi connectivity index (χ2n) is 6.51. The van der Waals surface area contributed by atoms with Crippen molar-refractivity contribution >= 4 is 50.7 Å². The molecule has 3 aromatic carbocycles. The van der Waals surface area contributed by atoms with E-state index in [1.807, 2.05) is 43.3 Å². The minimum atomic E-state index is 0.245. The molecule has 3 rings (SSSR count). The Labute approximate surface area is 200 Å². The highest BCUT2D eigenvalue weighted by atomic mass is 79.9. The van der Waals surface area contributed by atoms with E-state index in [1.165, 1.54) is 0 Å². The summed E-state index contributed by atoms with van der Waals surface area (Å²) in [6.07, 6.45) is 0. The lowest BCUT2D eigenvalue weighted by atomic mass is 10.1. The summed E-state index contributed by atoms with van der Waals surface area (Å²) < 4.78 is 12.7. The van der Waals surface area contributed by atoms with Gasteiger partial charge in [-0.15, -0.1) is 0 Å². The minimum Gasteiger partial charge on any atom is -0.490 e. The van der Waals surface area contributed by atoms with Gasteiger partial charge in [-0.3, -0.25) is 0 Å². The van der Waals surface area contributed by atoms with Crippen molar-refractivity contribution in [3.05, 3.63) is 90.8 Å². The average Bonchev–Trinajstić information content (AvgIpc) is 2.72. The Morgan fingerprint density at radius 3 is 2.13 bits per heavy atom. The molecule has 7 heteroatoms. The molecule has 158 valence electrons. The van der Waals surface area contributed by atoms with Gasteiger partial charge in [-0.25, -0.2) is 0 Å².